The average molecular weight is 328 g/mol. The van der Waals surface area contributed by atoms with E-state index in [2.05, 4.69) is 20.9 Å². The Morgan fingerprint density at radius 1 is 1.38 bits per heavy atom. The smallest absolute Gasteiger partial charge is 0.319 e. The minimum absolute atomic E-state index is 0.0835. The molecule has 0 aliphatic carbocycles. The van der Waals surface area contributed by atoms with Crippen LogP contribution in [0.25, 0.3) is 0 Å². The van der Waals surface area contributed by atoms with Crippen LogP contribution in [-0.2, 0) is 17.8 Å². The number of nitrogens with one attached hydrogen (secondary N) is 3. The number of hydrogen-bond acceptors (Lipinski definition) is 3. The van der Waals surface area contributed by atoms with Crippen molar-refractivity contribution in [2.45, 2.75) is 26.3 Å². The van der Waals surface area contributed by atoms with Gasteiger partial charge >= 0.3 is 6.03 Å². The van der Waals surface area contributed by atoms with Crippen molar-refractivity contribution in [2.75, 3.05) is 10.6 Å². The zero-order valence-electron chi connectivity index (χ0n) is 13.1. The Hall–Kier alpha value is -2.96. The van der Waals surface area contributed by atoms with Crippen molar-refractivity contribution in [2.24, 2.45) is 0 Å². The van der Waals surface area contributed by atoms with E-state index in [4.69, 9.17) is 0 Å². The fourth-order valence-corrected chi connectivity index (χ4v) is 2.53. The summed E-state index contributed by atoms with van der Waals surface area (Å²) in [5, 5.41) is 7.77. The summed E-state index contributed by atoms with van der Waals surface area (Å²) in [6.07, 6.45) is 2.52. The van der Waals surface area contributed by atoms with Gasteiger partial charge in [0.05, 0.1) is 17.9 Å². The minimum Gasteiger partial charge on any atom is -0.332 e. The molecule has 3 N–H and O–H groups in total. The number of aryl methyl sites for hydroxylation is 2. The number of urea groups is 1. The van der Waals surface area contributed by atoms with Crippen LogP contribution in [0.4, 0.5) is 20.6 Å². The van der Waals surface area contributed by atoms with Crippen molar-refractivity contribution in [3.8, 4) is 0 Å². The number of aromatic nitrogens is 1. The molecule has 0 bridgehead atoms. The molecule has 3 amide bonds. The maximum absolute atomic E-state index is 14.1. The molecular weight excluding hydrogens is 311 g/mol. The zero-order valence-corrected chi connectivity index (χ0v) is 13.1. The van der Waals surface area contributed by atoms with Crippen LogP contribution in [0.3, 0.4) is 0 Å². The fourth-order valence-electron chi connectivity index (χ4n) is 2.53. The molecule has 0 radical (unpaired) electrons. The van der Waals surface area contributed by atoms with Gasteiger partial charge in [0.2, 0.25) is 5.91 Å². The quantitative estimate of drug-likeness (QED) is 0.810. The van der Waals surface area contributed by atoms with E-state index in [1.54, 1.807) is 12.3 Å². The minimum atomic E-state index is -0.597. The van der Waals surface area contributed by atoms with Gasteiger partial charge in [-0.3, -0.25) is 9.78 Å². The first-order chi connectivity index (χ1) is 11.5. The van der Waals surface area contributed by atoms with Gasteiger partial charge in [-0.2, -0.15) is 0 Å². The van der Waals surface area contributed by atoms with Gasteiger partial charge in [-0.05, 0) is 42.7 Å². The Morgan fingerprint density at radius 3 is 3.00 bits per heavy atom. The first kappa shape index (κ1) is 15.9. The molecule has 1 aromatic heterocycles. The SMILES string of the molecule is Cc1cccnc1CNC(=O)Nc1cc2c(cc1F)NC(=O)CC2. The molecule has 7 heteroatoms. The first-order valence-corrected chi connectivity index (χ1v) is 7.60. The molecule has 0 spiro atoms. The molecule has 3 rings (SSSR count). The highest BCUT2D eigenvalue weighted by molar-refractivity contribution is 5.95. The molecular formula is C17H17FN4O2. The van der Waals surface area contributed by atoms with Crippen LogP contribution in [0, 0.1) is 12.7 Å². The number of amides is 3. The topological polar surface area (TPSA) is 83.1 Å². The van der Waals surface area contributed by atoms with Crippen molar-refractivity contribution >= 4 is 23.3 Å². The summed E-state index contributed by atoms with van der Waals surface area (Å²) in [4.78, 5) is 27.5. The molecule has 0 saturated carbocycles. The van der Waals surface area contributed by atoms with E-state index in [1.807, 2.05) is 19.1 Å². The molecule has 1 aliphatic heterocycles. The maximum Gasteiger partial charge on any atom is 0.319 e. The van der Waals surface area contributed by atoms with Crippen molar-refractivity contribution in [3.05, 3.63) is 53.1 Å². The lowest BCUT2D eigenvalue weighted by molar-refractivity contribution is -0.116. The van der Waals surface area contributed by atoms with Crippen LogP contribution in [0.5, 0.6) is 0 Å². The zero-order chi connectivity index (χ0) is 17.1. The Bertz CT molecular complexity index is 807. The predicted molar refractivity (Wildman–Crippen MR) is 88.2 cm³/mol. The standard InChI is InChI=1S/C17H17FN4O2/c1-10-3-2-6-19-15(10)9-20-17(24)22-14-7-11-4-5-16(23)21-13(11)8-12(14)18/h2-3,6-8H,4-5,9H2,1H3,(H,21,23)(H2,20,22,24). The van der Waals surface area contributed by atoms with Crippen LogP contribution in [0.15, 0.2) is 30.5 Å². The third-order valence-corrected chi connectivity index (χ3v) is 3.87. The van der Waals surface area contributed by atoms with Gasteiger partial charge in [-0.25, -0.2) is 9.18 Å². The van der Waals surface area contributed by atoms with Crippen molar-refractivity contribution in [1.29, 1.82) is 0 Å². The van der Waals surface area contributed by atoms with Gasteiger partial charge in [-0.1, -0.05) is 6.07 Å². The van der Waals surface area contributed by atoms with E-state index < -0.39 is 11.8 Å². The van der Waals surface area contributed by atoms with E-state index >= 15 is 0 Å². The molecule has 2 aromatic rings. The molecule has 1 aliphatic rings. The van der Waals surface area contributed by atoms with Gasteiger partial charge < -0.3 is 16.0 Å². The van der Waals surface area contributed by atoms with E-state index in [0.29, 0.717) is 18.5 Å². The molecule has 2 heterocycles. The number of nitrogens with zero attached hydrogens (tertiary/aromatic N) is 1. The monoisotopic (exact) mass is 328 g/mol. The fraction of sp³-hybridized carbons (Fsp3) is 0.235. The molecule has 0 saturated heterocycles. The van der Waals surface area contributed by atoms with Crippen LogP contribution in [0.2, 0.25) is 0 Å². The molecule has 0 unspecified atom stereocenters. The van der Waals surface area contributed by atoms with E-state index in [9.17, 15) is 14.0 Å². The first-order valence-electron chi connectivity index (χ1n) is 7.60. The van der Waals surface area contributed by atoms with Crippen LogP contribution < -0.4 is 16.0 Å². The lowest BCUT2D eigenvalue weighted by Crippen LogP contribution is -2.29. The number of rotatable bonds is 3. The highest BCUT2D eigenvalue weighted by atomic mass is 19.1. The summed E-state index contributed by atoms with van der Waals surface area (Å²) < 4.78 is 14.1. The van der Waals surface area contributed by atoms with Gasteiger partial charge in [-0.15, -0.1) is 0 Å². The number of hydrogen-bond donors (Lipinski definition) is 3. The summed E-state index contributed by atoms with van der Waals surface area (Å²) >= 11 is 0. The van der Waals surface area contributed by atoms with E-state index in [1.165, 1.54) is 6.07 Å². The normalized spacial score (nSPS) is 13.0. The summed E-state index contributed by atoms with van der Waals surface area (Å²) in [5.74, 6) is -0.730. The Morgan fingerprint density at radius 2 is 2.21 bits per heavy atom. The predicted octanol–water partition coefficient (Wildman–Crippen LogP) is 2.74. The lowest BCUT2D eigenvalue weighted by Gasteiger charge is -2.18. The molecule has 0 atom stereocenters. The van der Waals surface area contributed by atoms with Crippen LogP contribution in [-0.4, -0.2) is 16.9 Å². The molecule has 24 heavy (non-hydrogen) atoms. The maximum atomic E-state index is 14.1. The Kier molecular flexibility index (Phi) is 4.41. The van der Waals surface area contributed by atoms with Crippen molar-refractivity contribution < 1.29 is 14.0 Å². The third kappa shape index (κ3) is 3.51. The second-order valence-corrected chi connectivity index (χ2v) is 5.61. The Balaban J connectivity index is 1.66. The Labute approximate surface area is 138 Å². The number of anilines is 2. The second-order valence-electron chi connectivity index (χ2n) is 5.61. The second kappa shape index (κ2) is 6.66. The molecule has 0 fully saturated rings. The van der Waals surface area contributed by atoms with Gasteiger partial charge in [0.15, 0.2) is 0 Å². The highest BCUT2D eigenvalue weighted by Gasteiger charge is 2.18. The number of fused-ring (bicyclic) bond motifs is 1. The van der Waals surface area contributed by atoms with Crippen LogP contribution in [0.1, 0.15) is 23.2 Å². The van der Waals surface area contributed by atoms with Gasteiger partial charge in [0, 0.05) is 18.3 Å². The number of carbonyl (C=O) groups excluding carboxylic acids is 2. The molecule has 1 aromatic carbocycles. The highest BCUT2D eigenvalue weighted by Crippen LogP contribution is 2.28. The van der Waals surface area contributed by atoms with E-state index in [0.717, 1.165) is 16.8 Å². The number of carbonyl (C=O) groups is 2. The number of benzene rings is 1. The largest absolute Gasteiger partial charge is 0.332 e. The van der Waals surface area contributed by atoms with E-state index in [-0.39, 0.29) is 18.1 Å². The number of halogens is 1. The van der Waals surface area contributed by atoms with Crippen molar-refractivity contribution in [1.82, 2.24) is 10.3 Å². The summed E-state index contributed by atoms with van der Waals surface area (Å²) in [7, 11) is 0. The third-order valence-electron chi connectivity index (χ3n) is 3.87. The van der Waals surface area contributed by atoms with Gasteiger partial charge in [0.25, 0.3) is 0 Å². The van der Waals surface area contributed by atoms with Crippen molar-refractivity contribution in [3.63, 3.8) is 0 Å². The molecule has 6 nitrogen and oxygen atoms in total. The number of pyridine rings is 1. The lowest BCUT2D eigenvalue weighted by atomic mass is 10.0. The van der Waals surface area contributed by atoms with Gasteiger partial charge in [0.1, 0.15) is 5.82 Å². The molecule has 124 valence electrons. The summed E-state index contributed by atoms with van der Waals surface area (Å²) in [6, 6.07) is 5.99. The summed E-state index contributed by atoms with van der Waals surface area (Å²) in [6.45, 7) is 2.15. The average Bonchev–Trinajstić information content (AvgIpc) is 2.55. The van der Waals surface area contributed by atoms with Crippen LogP contribution >= 0.6 is 0 Å². The summed E-state index contributed by atoms with van der Waals surface area (Å²) in [5.41, 5.74) is 3.06.